The molecular formula is C14H19ClO2. The zero-order chi connectivity index (χ0) is 12.5. The third-order valence-corrected chi connectivity index (χ3v) is 4.19. The van der Waals surface area contributed by atoms with Gasteiger partial charge >= 0.3 is 0 Å². The summed E-state index contributed by atoms with van der Waals surface area (Å²) in [7, 11) is 0. The Morgan fingerprint density at radius 2 is 1.88 bits per heavy atom. The first-order valence-corrected chi connectivity index (χ1v) is 6.55. The molecule has 2 N–H and O–H groups in total. The highest BCUT2D eigenvalue weighted by atomic mass is 35.5. The van der Waals surface area contributed by atoms with Crippen LogP contribution in [0.25, 0.3) is 0 Å². The number of hydrogen-bond donors (Lipinski definition) is 2. The molecule has 1 aromatic carbocycles. The van der Waals surface area contributed by atoms with Gasteiger partial charge in [-0.2, -0.15) is 0 Å². The van der Waals surface area contributed by atoms with Crippen molar-refractivity contribution in [2.75, 3.05) is 0 Å². The van der Waals surface area contributed by atoms with E-state index in [1.165, 1.54) is 0 Å². The molecule has 0 heterocycles. The van der Waals surface area contributed by atoms with E-state index in [2.05, 4.69) is 6.92 Å². The fourth-order valence-electron chi connectivity index (χ4n) is 2.52. The molecule has 17 heavy (non-hydrogen) atoms. The molecule has 0 amide bonds. The third-order valence-electron chi connectivity index (χ3n) is 3.85. The molecular weight excluding hydrogens is 236 g/mol. The van der Waals surface area contributed by atoms with Gasteiger partial charge in [-0.1, -0.05) is 36.7 Å². The van der Waals surface area contributed by atoms with Crippen LogP contribution in [-0.4, -0.2) is 15.8 Å². The minimum absolute atomic E-state index is 0.520. The summed E-state index contributed by atoms with van der Waals surface area (Å²) in [5.41, 5.74) is -0.386. The van der Waals surface area contributed by atoms with E-state index in [4.69, 9.17) is 11.6 Å². The molecule has 2 nitrogen and oxygen atoms in total. The van der Waals surface area contributed by atoms with Crippen LogP contribution < -0.4 is 0 Å². The Bertz CT molecular complexity index is 384. The summed E-state index contributed by atoms with van der Waals surface area (Å²) in [5, 5.41) is 21.4. The third kappa shape index (κ3) is 2.65. The Kier molecular flexibility index (Phi) is 3.76. The van der Waals surface area contributed by atoms with Gasteiger partial charge in [-0.3, -0.25) is 0 Å². The lowest BCUT2D eigenvalue weighted by molar-refractivity contribution is -0.105. The normalized spacial score (nSPS) is 31.2. The van der Waals surface area contributed by atoms with E-state index in [-0.39, 0.29) is 0 Å². The average molecular weight is 255 g/mol. The van der Waals surface area contributed by atoms with E-state index in [0.29, 0.717) is 29.3 Å². The summed E-state index contributed by atoms with van der Waals surface area (Å²) in [6, 6.07) is 7.18. The van der Waals surface area contributed by atoms with Crippen molar-refractivity contribution in [2.45, 2.75) is 44.3 Å². The van der Waals surface area contributed by atoms with Gasteiger partial charge in [-0.25, -0.2) is 0 Å². The second-order valence-electron chi connectivity index (χ2n) is 5.21. The molecule has 0 bridgehead atoms. The molecule has 1 fully saturated rings. The summed E-state index contributed by atoms with van der Waals surface area (Å²) in [6.45, 7) is 2.18. The second kappa shape index (κ2) is 4.97. The molecule has 1 aliphatic rings. The molecule has 3 heteroatoms. The van der Waals surface area contributed by atoms with Crippen LogP contribution in [0.15, 0.2) is 24.3 Å². The van der Waals surface area contributed by atoms with Gasteiger partial charge in [0.25, 0.3) is 0 Å². The van der Waals surface area contributed by atoms with Gasteiger partial charge in [0.2, 0.25) is 0 Å². The van der Waals surface area contributed by atoms with Crippen molar-refractivity contribution in [3.05, 3.63) is 34.9 Å². The highest BCUT2D eigenvalue weighted by molar-refractivity contribution is 6.31. The van der Waals surface area contributed by atoms with E-state index in [9.17, 15) is 10.2 Å². The van der Waals surface area contributed by atoms with Gasteiger partial charge in [-0.05, 0) is 37.7 Å². The Labute approximate surface area is 107 Å². The Morgan fingerprint density at radius 3 is 2.47 bits per heavy atom. The second-order valence-corrected chi connectivity index (χ2v) is 5.62. The largest absolute Gasteiger partial charge is 0.387 e. The van der Waals surface area contributed by atoms with Crippen molar-refractivity contribution in [2.24, 2.45) is 5.92 Å². The highest BCUT2D eigenvalue weighted by Gasteiger charge is 2.39. The maximum Gasteiger partial charge on any atom is 0.109 e. The zero-order valence-corrected chi connectivity index (χ0v) is 10.8. The van der Waals surface area contributed by atoms with Crippen molar-refractivity contribution in [3.8, 4) is 0 Å². The van der Waals surface area contributed by atoms with Crippen LogP contribution in [0.1, 0.15) is 44.3 Å². The molecule has 1 unspecified atom stereocenters. The van der Waals surface area contributed by atoms with Crippen LogP contribution in [0, 0.1) is 5.92 Å². The van der Waals surface area contributed by atoms with Crippen LogP contribution >= 0.6 is 11.6 Å². The van der Waals surface area contributed by atoms with Gasteiger partial charge in [0.15, 0.2) is 0 Å². The molecule has 1 atom stereocenters. The van der Waals surface area contributed by atoms with E-state index in [1.54, 1.807) is 12.1 Å². The van der Waals surface area contributed by atoms with Crippen LogP contribution in [-0.2, 0) is 0 Å². The van der Waals surface area contributed by atoms with Gasteiger partial charge < -0.3 is 10.2 Å². The summed E-state index contributed by atoms with van der Waals surface area (Å²) >= 11 is 6.06. The smallest absolute Gasteiger partial charge is 0.109 e. The topological polar surface area (TPSA) is 40.5 Å². The van der Waals surface area contributed by atoms with Gasteiger partial charge in [-0.15, -0.1) is 0 Å². The fraction of sp³-hybridized carbons (Fsp3) is 0.571. The Morgan fingerprint density at radius 1 is 1.29 bits per heavy atom. The van der Waals surface area contributed by atoms with E-state index in [1.807, 2.05) is 12.1 Å². The Balaban J connectivity index is 2.20. The minimum Gasteiger partial charge on any atom is -0.387 e. The van der Waals surface area contributed by atoms with E-state index in [0.717, 1.165) is 12.8 Å². The number of aliphatic hydroxyl groups excluding tert-OH is 1. The monoisotopic (exact) mass is 254 g/mol. The molecule has 1 saturated carbocycles. The van der Waals surface area contributed by atoms with Crippen LogP contribution in [0.4, 0.5) is 0 Å². The van der Waals surface area contributed by atoms with E-state index < -0.39 is 11.7 Å². The van der Waals surface area contributed by atoms with Crippen molar-refractivity contribution in [1.29, 1.82) is 0 Å². The standard InChI is InChI=1S/C14H19ClO2/c1-10-6-8-14(17,9-7-10)13(16)11-4-2-3-5-12(11)15/h2-5,10,13,16-17H,6-9H2,1H3. The van der Waals surface area contributed by atoms with Crippen LogP contribution in [0.5, 0.6) is 0 Å². The maximum absolute atomic E-state index is 10.5. The average Bonchev–Trinajstić information content (AvgIpc) is 2.33. The molecule has 0 radical (unpaired) electrons. The minimum atomic E-state index is -1.02. The Hall–Kier alpha value is -0.570. The van der Waals surface area contributed by atoms with Gasteiger partial charge in [0, 0.05) is 10.6 Å². The molecule has 94 valence electrons. The predicted octanol–water partition coefficient (Wildman–Crippen LogP) is 3.31. The molecule has 0 spiro atoms. The number of hydrogen-bond acceptors (Lipinski definition) is 2. The van der Waals surface area contributed by atoms with E-state index >= 15 is 0 Å². The molecule has 0 aromatic heterocycles. The molecule has 0 saturated heterocycles. The first kappa shape index (κ1) is 12.9. The van der Waals surface area contributed by atoms with Crippen LogP contribution in [0.3, 0.4) is 0 Å². The number of aliphatic hydroxyl groups is 2. The van der Waals surface area contributed by atoms with Crippen molar-refractivity contribution in [3.63, 3.8) is 0 Å². The SMILES string of the molecule is CC1CCC(O)(C(O)c2ccccc2Cl)CC1. The quantitative estimate of drug-likeness (QED) is 0.850. The fourth-order valence-corrected chi connectivity index (χ4v) is 2.76. The van der Waals surface area contributed by atoms with Crippen molar-refractivity contribution in [1.82, 2.24) is 0 Å². The first-order chi connectivity index (χ1) is 8.03. The van der Waals surface area contributed by atoms with Crippen molar-refractivity contribution >= 4 is 11.6 Å². The molecule has 2 rings (SSSR count). The highest BCUT2D eigenvalue weighted by Crippen LogP contribution is 2.41. The maximum atomic E-state index is 10.5. The summed E-state index contributed by atoms with van der Waals surface area (Å²) in [4.78, 5) is 0. The summed E-state index contributed by atoms with van der Waals surface area (Å²) in [5.74, 6) is 0.633. The summed E-state index contributed by atoms with van der Waals surface area (Å²) in [6.07, 6.45) is 2.31. The molecule has 1 aromatic rings. The number of halogens is 1. The number of benzene rings is 1. The van der Waals surface area contributed by atoms with Gasteiger partial charge in [0.05, 0.1) is 5.60 Å². The molecule has 1 aliphatic carbocycles. The number of rotatable bonds is 2. The summed E-state index contributed by atoms with van der Waals surface area (Å²) < 4.78 is 0. The lowest BCUT2D eigenvalue weighted by atomic mass is 9.75. The van der Waals surface area contributed by atoms with Crippen LogP contribution in [0.2, 0.25) is 5.02 Å². The van der Waals surface area contributed by atoms with Crippen molar-refractivity contribution < 1.29 is 10.2 Å². The lowest BCUT2D eigenvalue weighted by Crippen LogP contribution is -2.40. The molecule has 0 aliphatic heterocycles. The van der Waals surface area contributed by atoms with Gasteiger partial charge in [0.1, 0.15) is 6.10 Å². The predicted molar refractivity (Wildman–Crippen MR) is 69.0 cm³/mol. The first-order valence-electron chi connectivity index (χ1n) is 6.18. The lowest BCUT2D eigenvalue weighted by Gasteiger charge is -2.38. The zero-order valence-electron chi connectivity index (χ0n) is 10.1.